The van der Waals surface area contributed by atoms with E-state index in [2.05, 4.69) is 0 Å². The molecule has 0 N–H and O–H groups in total. The lowest BCUT2D eigenvalue weighted by Crippen LogP contribution is -2.53. The van der Waals surface area contributed by atoms with Crippen molar-refractivity contribution in [1.29, 1.82) is 0 Å². The summed E-state index contributed by atoms with van der Waals surface area (Å²) in [4.78, 5) is 13.4. The number of nitrogens with zero attached hydrogens (tertiary/aromatic N) is 2. The predicted octanol–water partition coefficient (Wildman–Crippen LogP) is 4.36. The first-order valence-corrected chi connectivity index (χ1v) is 12.1. The Bertz CT molecular complexity index is 907. The fraction of sp³-hybridized carbons (Fsp3) is 0.722. The van der Waals surface area contributed by atoms with Crippen LogP contribution >= 0.6 is 11.3 Å². The lowest BCUT2D eigenvalue weighted by molar-refractivity contribution is -0.343. The van der Waals surface area contributed by atoms with Crippen LogP contribution in [0.5, 0.6) is 0 Å². The highest BCUT2D eigenvalue weighted by molar-refractivity contribution is 7.91. The van der Waals surface area contributed by atoms with Crippen LogP contribution in [0.3, 0.4) is 0 Å². The van der Waals surface area contributed by atoms with Gasteiger partial charge >= 0.3 is 12.4 Å². The van der Waals surface area contributed by atoms with Crippen molar-refractivity contribution in [2.24, 2.45) is 5.41 Å². The molecular formula is C18H21F7N2O3S2. The molecule has 5 nitrogen and oxygen atoms in total. The summed E-state index contributed by atoms with van der Waals surface area (Å²) >= 11 is 1.09. The average Bonchev–Trinajstić information content (AvgIpc) is 3.35. The van der Waals surface area contributed by atoms with Crippen molar-refractivity contribution >= 4 is 27.3 Å². The zero-order valence-electron chi connectivity index (χ0n) is 16.7. The third kappa shape index (κ3) is 4.63. The molecule has 14 heteroatoms. The number of carbonyl (C=O) groups excluding carboxylic acids is 1. The van der Waals surface area contributed by atoms with Crippen LogP contribution in [-0.2, 0) is 14.8 Å². The van der Waals surface area contributed by atoms with Gasteiger partial charge in [-0.25, -0.2) is 12.8 Å². The van der Waals surface area contributed by atoms with Crippen molar-refractivity contribution in [3.05, 3.63) is 17.5 Å². The summed E-state index contributed by atoms with van der Waals surface area (Å²) in [5, 5.41) is 1.64. The molecule has 2 fully saturated rings. The quantitative estimate of drug-likeness (QED) is 0.553. The summed E-state index contributed by atoms with van der Waals surface area (Å²) < 4.78 is 117. The second-order valence-corrected chi connectivity index (χ2v) is 11.3. The third-order valence-corrected chi connectivity index (χ3v) is 9.52. The molecule has 0 bridgehead atoms. The Morgan fingerprint density at radius 2 is 1.56 bits per heavy atom. The van der Waals surface area contributed by atoms with Crippen molar-refractivity contribution < 1.29 is 43.9 Å². The van der Waals surface area contributed by atoms with Gasteiger partial charge in [-0.05, 0) is 36.1 Å². The minimum atomic E-state index is -6.18. The van der Waals surface area contributed by atoms with E-state index in [9.17, 15) is 43.9 Å². The summed E-state index contributed by atoms with van der Waals surface area (Å²) in [5.41, 5.74) is -5.91. The van der Waals surface area contributed by atoms with E-state index in [4.69, 9.17) is 0 Å². The summed E-state index contributed by atoms with van der Waals surface area (Å²) in [7, 11) is -3.63. The van der Waals surface area contributed by atoms with E-state index in [-0.39, 0.29) is 30.4 Å². The van der Waals surface area contributed by atoms with E-state index in [1.807, 2.05) is 0 Å². The number of piperidine rings is 1. The van der Waals surface area contributed by atoms with Gasteiger partial charge in [-0.2, -0.15) is 30.6 Å². The van der Waals surface area contributed by atoms with Gasteiger partial charge < -0.3 is 4.90 Å². The molecule has 1 aromatic heterocycles. The highest BCUT2D eigenvalue weighted by Gasteiger charge is 2.72. The molecule has 1 spiro atoms. The molecule has 1 amide bonds. The zero-order chi connectivity index (χ0) is 24.0. The van der Waals surface area contributed by atoms with Crippen LogP contribution in [0.4, 0.5) is 30.7 Å². The highest BCUT2D eigenvalue weighted by atomic mass is 32.2. The summed E-state index contributed by atoms with van der Waals surface area (Å²) in [5.74, 6) is -0.981. The molecule has 0 aromatic carbocycles. The van der Waals surface area contributed by atoms with E-state index >= 15 is 0 Å². The van der Waals surface area contributed by atoms with Crippen LogP contribution in [0.2, 0.25) is 0 Å². The number of amides is 1. The maximum absolute atomic E-state index is 13.8. The predicted molar refractivity (Wildman–Crippen MR) is 101 cm³/mol. The van der Waals surface area contributed by atoms with E-state index < -0.39 is 52.2 Å². The van der Waals surface area contributed by atoms with Crippen molar-refractivity contribution in [3.8, 4) is 0 Å². The molecular weight excluding hydrogens is 489 g/mol. The first kappa shape index (κ1) is 25.2. The van der Waals surface area contributed by atoms with E-state index in [0.717, 1.165) is 16.2 Å². The first-order valence-electron chi connectivity index (χ1n) is 9.75. The van der Waals surface area contributed by atoms with Crippen molar-refractivity contribution in [2.45, 2.75) is 54.3 Å². The molecule has 32 heavy (non-hydrogen) atoms. The van der Waals surface area contributed by atoms with Crippen molar-refractivity contribution in [2.75, 3.05) is 26.2 Å². The van der Waals surface area contributed by atoms with Crippen LogP contribution < -0.4 is 0 Å². The maximum atomic E-state index is 13.8. The molecule has 0 radical (unpaired) electrons. The monoisotopic (exact) mass is 510 g/mol. The largest absolute Gasteiger partial charge is 0.431 e. The Morgan fingerprint density at radius 3 is 2.06 bits per heavy atom. The van der Waals surface area contributed by atoms with Gasteiger partial charge in [-0.3, -0.25) is 4.79 Å². The molecule has 0 atom stereocenters. The number of rotatable bonds is 5. The van der Waals surface area contributed by atoms with Gasteiger partial charge in [0.25, 0.3) is 15.7 Å². The Balaban J connectivity index is 1.58. The number of alkyl halides is 7. The molecule has 2 saturated heterocycles. The summed E-state index contributed by atoms with van der Waals surface area (Å²) in [6.07, 6.45) is -14.4. The van der Waals surface area contributed by atoms with Crippen LogP contribution in [0.15, 0.2) is 21.7 Å². The Labute approximate surface area is 184 Å². The lowest BCUT2D eigenvalue weighted by Gasteiger charge is -2.38. The second kappa shape index (κ2) is 8.42. The number of likely N-dealkylation sites (tertiary alicyclic amines) is 1. The molecule has 2 aliphatic rings. The fourth-order valence-corrected chi connectivity index (χ4v) is 6.76. The number of hydrogen-bond donors (Lipinski definition) is 0. The third-order valence-electron chi connectivity index (χ3n) is 6.25. The molecule has 182 valence electrons. The smallest absolute Gasteiger partial charge is 0.342 e. The van der Waals surface area contributed by atoms with Crippen LogP contribution in [0, 0.1) is 5.41 Å². The normalized spacial score (nSPS) is 20.8. The van der Waals surface area contributed by atoms with Gasteiger partial charge in [-0.1, -0.05) is 6.07 Å². The number of halogens is 7. The molecule has 0 aliphatic carbocycles. The van der Waals surface area contributed by atoms with E-state index in [1.54, 1.807) is 11.4 Å². The summed E-state index contributed by atoms with van der Waals surface area (Å²) in [6.45, 7) is 0.597. The van der Waals surface area contributed by atoms with Gasteiger partial charge in [0.05, 0.1) is 0 Å². The average molecular weight is 510 g/mol. The molecule has 1 aromatic rings. The van der Waals surface area contributed by atoms with Gasteiger partial charge in [-0.15, -0.1) is 11.3 Å². The summed E-state index contributed by atoms with van der Waals surface area (Å²) in [6, 6.07) is 3.11. The second-order valence-electron chi connectivity index (χ2n) is 8.20. The Hall–Kier alpha value is -1.41. The fourth-order valence-electron chi connectivity index (χ4n) is 4.18. The Kier molecular flexibility index (Phi) is 6.64. The topological polar surface area (TPSA) is 57.7 Å². The minimum absolute atomic E-state index is 0.0933. The highest BCUT2D eigenvalue weighted by Crippen LogP contribution is 2.49. The van der Waals surface area contributed by atoms with Crippen LogP contribution in [-0.4, -0.2) is 67.7 Å². The minimum Gasteiger partial charge on any atom is -0.342 e. The van der Waals surface area contributed by atoms with Gasteiger partial charge in [0.2, 0.25) is 5.91 Å². The van der Waals surface area contributed by atoms with Crippen molar-refractivity contribution in [1.82, 2.24) is 9.21 Å². The van der Waals surface area contributed by atoms with Crippen LogP contribution in [0.25, 0.3) is 0 Å². The number of carbonyl (C=O) groups is 1. The number of sulfonamides is 1. The SMILES string of the molecule is O=C(CCC(F)(C(F)(F)F)C(F)(F)F)N1CCC2(CCN(S(=O)(=O)c3cccs3)CC2)C1. The number of thiophene rings is 1. The molecule has 0 saturated carbocycles. The standard InChI is InChI=1S/C18H21F7N2O3S2/c19-16(17(20,21)22,18(23,24)25)4-3-13(28)26-8-5-15(12-26)6-9-27(10-7-15)32(29,30)14-2-1-11-31-14/h1-2,11H,3-10,12H2. The molecule has 0 unspecified atom stereocenters. The number of hydrogen-bond acceptors (Lipinski definition) is 4. The molecule has 3 heterocycles. The lowest BCUT2D eigenvalue weighted by atomic mass is 9.78. The van der Waals surface area contributed by atoms with Gasteiger partial charge in [0.15, 0.2) is 0 Å². The zero-order valence-corrected chi connectivity index (χ0v) is 18.3. The van der Waals surface area contributed by atoms with Gasteiger partial charge in [0.1, 0.15) is 4.21 Å². The molecule has 2 aliphatic heterocycles. The maximum Gasteiger partial charge on any atom is 0.431 e. The van der Waals surface area contributed by atoms with Crippen molar-refractivity contribution in [3.63, 3.8) is 0 Å². The Morgan fingerprint density at radius 1 is 1.00 bits per heavy atom. The molecule has 3 rings (SSSR count). The van der Waals surface area contributed by atoms with E-state index in [1.165, 1.54) is 10.4 Å². The van der Waals surface area contributed by atoms with E-state index in [0.29, 0.717) is 19.3 Å². The first-order chi connectivity index (χ1) is 14.6. The van der Waals surface area contributed by atoms with Gasteiger partial charge in [0, 0.05) is 39.0 Å². The van der Waals surface area contributed by atoms with Crippen LogP contribution in [0.1, 0.15) is 32.1 Å².